The van der Waals surface area contributed by atoms with Gasteiger partial charge in [-0.3, -0.25) is 0 Å². The fraction of sp³-hybridized carbons (Fsp3) is 0. The first-order chi connectivity index (χ1) is 5.74. The van der Waals surface area contributed by atoms with E-state index in [0.717, 1.165) is 0 Å². The Morgan fingerprint density at radius 1 is 1.67 bits per heavy atom. The molecule has 0 saturated carbocycles. The van der Waals surface area contributed by atoms with E-state index in [4.69, 9.17) is 23.2 Å². The van der Waals surface area contributed by atoms with Gasteiger partial charge >= 0.3 is 0 Å². The van der Waals surface area contributed by atoms with Crippen molar-refractivity contribution in [3.63, 3.8) is 0 Å². The maximum Gasteiger partial charge on any atom is 0.122 e. The van der Waals surface area contributed by atoms with E-state index in [0.29, 0.717) is 11.4 Å². The summed E-state index contributed by atoms with van der Waals surface area (Å²) in [7, 11) is 0. The van der Waals surface area contributed by atoms with Crippen LogP contribution < -0.4 is 5.73 Å². The number of aromatic nitrogens is 1. The van der Waals surface area contributed by atoms with Crippen molar-refractivity contribution in [2.24, 2.45) is 10.9 Å². The second-order valence-corrected chi connectivity index (χ2v) is 2.50. The molecule has 0 atom stereocenters. The fourth-order valence-corrected chi connectivity index (χ4v) is 0.833. The molecule has 0 bridgehead atoms. The quantitative estimate of drug-likeness (QED) is 0.302. The van der Waals surface area contributed by atoms with E-state index in [1.807, 2.05) is 0 Å². The summed E-state index contributed by atoms with van der Waals surface area (Å²) in [5.74, 6) is 0. The third-order valence-electron chi connectivity index (χ3n) is 1.21. The van der Waals surface area contributed by atoms with Gasteiger partial charge in [-0.15, -0.1) is 0 Å². The molecule has 0 aliphatic heterocycles. The number of rotatable bonds is 2. The normalized spacial score (nSPS) is 10.3. The Morgan fingerprint density at radius 3 is 3.00 bits per heavy atom. The van der Waals surface area contributed by atoms with Crippen molar-refractivity contribution in [3.05, 3.63) is 29.6 Å². The zero-order valence-electron chi connectivity index (χ0n) is 6.14. The molecule has 0 aromatic carbocycles. The summed E-state index contributed by atoms with van der Waals surface area (Å²) in [5, 5.41) is 11.0. The Bertz CT molecular complexity index is 324. The molecule has 0 aliphatic carbocycles. The van der Waals surface area contributed by atoms with Crippen molar-refractivity contribution in [2.75, 3.05) is 0 Å². The average Bonchev–Trinajstić information content (AvgIpc) is 2.05. The minimum Gasteiger partial charge on any atom is -0.411 e. The molecule has 1 aromatic rings. The molecule has 0 spiro atoms. The second kappa shape index (κ2) is 3.77. The number of thiocarbonyl (C=S) groups is 1. The van der Waals surface area contributed by atoms with Gasteiger partial charge in [0.15, 0.2) is 0 Å². The Morgan fingerprint density at radius 2 is 2.42 bits per heavy atom. The van der Waals surface area contributed by atoms with Crippen LogP contribution in [0.5, 0.6) is 0 Å². The topological polar surface area (TPSA) is 71.5 Å². The van der Waals surface area contributed by atoms with Gasteiger partial charge in [0.1, 0.15) is 4.99 Å². The minimum atomic E-state index is 0.225. The smallest absolute Gasteiger partial charge is 0.122 e. The second-order valence-electron chi connectivity index (χ2n) is 2.06. The number of nitrogens with zero attached hydrogens (tertiary/aromatic N) is 2. The molecule has 4 nitrogen and oxygen atoms in total. The Kier molecular flexibility index (Phi) is 2.71. The van der Waals surface area contributed by atoms with Crippen molar-refractivity contribution < 1.29 is 5.21 Å². The molecule has 0 saturated heterocycles. The predicted molar refractivity (Wildman–Crippen MR) is 49.5 cm³/mol. The van der Waals surface area contributed by atoms with Crippen LogP contribution in [-0.4, -0.2) is 21.4 Å². The number of hydrogen-bond acceptors (Lipinski definition) is 4. The van der Waals surface area contributed by atoms with Gasteiger partial charge in [-0.2, -0.15) is 0 Å². The van der Waals surface area contributed by atoms with E-state index >= 15 is 0 Å². The molecule has 1 heterocycles. The van der Waals surface area contributed by atoms with Gasteiger partial charge in [0.2, 0.25) is 0 Å². The van der Waals surface area contributed by atoms with E-state index in [2.05, 4.69) is 10.1 Å². The zero-order valence-corrected chi connectivity index (χ0v) is 6.95. The largest absolute Gasteiger partial charge is 0.411 e. The van der Waals surface area contributed by atoms with Gasteiger partial charge in [0.05, 0.1) is 17.6 Å². The highest BCUT2D eigenvalue weighted by Gasteiger charge is 1.97. The standard InChI is InChI=1S/C7H7N3OS/c8-7(12)6-3-1-2-5(10-6)4-9-11/h1-4,11H,(H2,8,12). The van der Waals surface area contributed by atoms with Gasteiger partial charge in [-0.25, -0.2) is 4.98 Å². The number of pyridine rings is 1. The highest BCUT2D eigenvalue weighted by Crippen LogP contribution is 1.96. The summed E-state index contributed by atoms with van der Waals surface area (Å²) < 4.78 is 0. The summed E-state index contributed by atoms with van der Waals surface area (Å²) >= 11 is 4.71. The van der Waals surface area contributed by atoms with Gasteiger partial charge < -0.3 is 10.9 Å². The van der Waals surface area contributed by atoms with E-state index in [1.165, 1.54) is 6.21 Å². The highest BCUT2D eigenvalue weighted by atomic mass is 32.1. The summed E-state index contributed by atoms with van der Waals surface area (Å²) in [5.41, 5.74) is 6.37. The van der Waals surface area contributed by atoms with Crippen LogP contribution in [0.3, 0.4) is 0 Å². The molecule has 0 amide bonds. The summed E-state index contributed by atoms with van der Waals surface area (Å²) in [6.45, 7) is 0. The van der Waals surface area contributed by atoms with Crippen molar-refractivity contribution in [1.82, 2.24) is 4.98 Å². The van der Waals surface area contributed by atoms with Crippen LogP contribution in [0, 0.1) is 0 Å². The lowest BCUT2D eigenvalue weighted by Gasteiger charge is -1.96. The average molecular weight is 181 g/mol. The van der Waals surface area contributed by atoms with Crippen LogP contribution in [0.25, 0.3) is 0 Å². The molecular formula is C7H7N3OS. The molecule has 0 unspecified atom stereocenters. The first kappa shape index (κ1) is 8.61. The molecule has 3 N–H and O–H groups in total. The van der Waals surface area contributed by atoms with Crippen molar-refractivity contribution in [3.8, 4) is 0 Å². The molecule has 0 fully saturated rings. The summed E-state index contributed by atoms with van der Waals surface area (Å²) in [6.07, 6.45) is 1.21. The minimum absolute atomic E-state index is 0.225. The lowest BCUT2D eigenvalue weighted by Crippen LogP contribution is -2.12. The maximum atomic E-state index is 8.21. The van der Waals surface area contributed by atoms with Crippen LogP contribution in [-0.2, 0) is 0 Å². The first-order valence-electron chi connectivity index (χ1n) is 3.18. The fourth-order valence-electron chi connectivity index (χ4n) is 0.720. The summed E-state index contributed by atoms with van der Waals surface area (Å²) in [6, 6.07) is 5.11. The Balaban J connectivity index is 3.03. The molecule has 1 aromatic heterocycles. The molecule has 1 rings (SSSR count). The van der Waals surface area contributed by atoms with Crippen molar-refractivity contribution >= 4 is 23.4 Å². The van der Waals surface area contributed by atoms with Crippen LogP contribution in [0.1, 0.15) is 11.4 Å². The van der Waals surface area contributed by atoms with Crippen molar-refractivity contribution in [1.29, 1.82) is 0 Å². The first-order valence-corrected chi connectivity index (χ1v) is 3.59. The van der Waals surface area contributed by atoms with Crippen molar-refractivity contribution in [2.45, 2.75) is 0 Å². The molecule has 0 radical (unpaired) electrons. The monoisotopic (exact) mass is 181 g/mol. The molecule has 0 aliphatic rings. The predicted octanol–water partition coefficient (Wildman–Crippen LogP) is 0.524. The van der Waals surface area contributed by atoms with Crippen LogP contribution in [0.2, 0.25) is 0 Å². The number of nitrogens with two attached hydrogens (primary N) is 1. The molecule has 5 heteroatoms. The number of hydrogen-bond donors (Lipinski definition) is 2. The lowest BCUT2D eigenvalue weighted by atomic mass is 10.3. The van der Waals surface area contributed by atoms with Crippen LogP contribution in [0.4, 0.5) is 0 Å². The maximum absolute atomic E-state index is 8.21. The van der Waals surface area contributed by atoms with E-state index in [9.17, 15) is 0 Å². The van der Waals surface area contributed by atoms with E-state index in [-0.39, 0.29) is 4.99 Å². The Hall–Kier alpha value is -1.49. The third kappa shape index (κ3) is 2.00. The highest BCUT2D eigenvalue weighted by molar-refractivity contribution is 7.80. The number of oxime groups is 1. The van der Waals surface area contributed by atoms with E-state index in [1.54, 1.807) is 18.2 Å². The molecule has 12 heavy (non-hydrogen) atoms. The zero-order chi connectivity index (χ0) is 8.97. The van der Waals surface area contributed by atoms with E-state index < -0.39 is 0 Å². The van der Waals surface area contributed by atoms with Crippen LogP contribution >= 0.6 is 12.2 Å². The Labute approximate surface area is 74.7 Å². The SMILES string of the molecule is NC(=S)c1cccc(C=NO)n1. The van der Waals surface area contributed by atoms with Crippen LogP contribution in [0.15, 0.2) is 23.4 Å². The third-order valence-corrected chi connectivity index (χ3v) is 1.42. The summed E-state index contributed by atoms with van der Waals surface area (Å²) in [4.78, 5) is 4.21. The van der Waals surface area contributed by atoms with Gasteiger partial charge in [0, 0.05) is 0 Å². The molecule has 62 valence electrons. The van der Waals surface area contributed by atoms with Gasteiger partial charge in [0.25, 0.3) is 0 Å². The van der Waals surface area contributed by atoms with Gasteiger partial charge in [-0.1, -0.05) is 23.4 Å². The lowest BCUT2D eigenvalue weighted by molar-refractivity contribution is 0.321. The molecular weight excluding hydrogens is 174 g/mol. The van der Waals surface area contributed by atoms with Gasteiger partial charge in [-0.05, 0) is 12.1 Å².